The maximum atomic E-state index is 12.0. The second kappa shape index (κ2) is 9.33. The molecule has 2 rings (SSSR count). The van der Waals surface area contributed by atoms with Crippen molar-refractivity contribution in [3.8, 4) is 0 Å². The quantitative estimate of drug-likeness (QED) is 0.488. The van der Waals surface area contributed by atoms with Crippen LogP contribution in [-0.4, -0.2) is 40.2 Å². The smallest absolute Gasteiger partial charge is 0.330 e. The van der Waals surface area contributed by atoms with Crippen LogP contribution < -0.4 is 17.0 Å². The standard InChI is InChI=1S/C15H19BrClN3O5/c16-4-3-9-7-20(15(23)19-14(9)22)12-6-10(17)11(25-12)8-24-13(21)2-1-5-18/h3-4,7,10-12H,1-2,5-6,8,18H2,(H,19,22,23)/b4-3+. The molecule has 0 saturated carbocycles. The molecule has 3 unspecified atom stereocenters. The highest BCUT2D eigenvalue weighted by Gasteiger charge is 2.36. The van der Waals surface area contributed by atoms with Gasteiger partial charge in [-0.15, -0.1) is 11.6 Å². The SMILES string of the molecule is NCCCC(=O)OCC1OC(n2cc(/C=C/Br)c(=O)[nH]c2=O)CC1Cl. The Bertz CT molecular complexity index is 747. The molecule has 0 bridgehead atoms. The van der Waals surface area contributed by atoms with Gasteiger partial charge in [-0.3, -0.25) is 19.1 Å². The molecular formula is C15H19BrClN3O5. The van der Waals surface area contributed by atoms with Gasteiger partial charge in [0.05, 0.1) is 10.9 Å². The third-order valence-corrected chi connectivity index (χ3v) is 4.43. The van der Waals surface area contributed by atoms with E-state index < -0.39 is 29.0 Å². The number of H-pyrrole nitrogens is 1. The second-order valence-corrected chi connectivity index (χ2v) is 6.59. The molecule has 1 fully saturated rings. The number of carbonyl (C=O) groups is 1. The number of halogens is 2. The monoisotopic (exact) mass is 435 g/mol. The zero-order valence-electron chi connectivity index (χ0n) is 13.3. The minimum Gasteiger partial charge on any atom is -0.463 e. The largest absolute Gasteiger partial charge is 0.463 e. The van der Waals surface area contributed by atoms with E-state index in [-0.39, 0.29) is 19.0 Å². The number of ether oxygens (including phenoxy) is 2. The van der Waals surface area contributed by atoms with Gasteiger partial charge in [-0.25, -0.2) is 4.79 Å². The van der Waals surface area contributed by atoms with Crippen molar-refractivity contribution in [2.75, 3.05) is 13.2 Å². The summed E-state index contributed by atoms with van der Waals surface area (Å²) in [5, 5.41) is -0.429. The van der Waals surface area contributed by atoms with Crippen molar-refractivity contribution in [3.63, 3.8) is 0 Å². The summed E-state index contributed by atoms with van der Waals surface area (Å²) in [6, 6.07) is 0. The summed E-state index contributed by atoms with van der Waals surface area (Å²) in [6.07, 6.45) is 2.86. The second-order valence-electron chi connectivity index (χ2n) is 5.50. The molecular weight excluding hydrogens is 418 g/mol. The molecule has 1 saturated heterocycles. The maximum absolute atomic E-state index is 12.0. The average Bonchev–Trinajstić information content (AvgIpc) is 2.94. The molecule has 3 atom stereocenters. The minimum absolute atomic E-state index is 0.000333. The summed E-state index contributed by atoms with van der Waals surface area (Å²) in [5.74, 6) is -0.368. The Hall–Kier alpha value is -1.42. The molecule has 2 heterocycles. The van der Waals surface area contributed by atoms with E-state index in [1.807, 2.05) is 0 Å². The molecule has 1 aliphatic heterocycles. The lowest BCUT2D eigenvalue weighted by molar-refractivity contribution is -0.148. The normalized spacial score (nSPS) is 23.2. The van der Waals surface area contributed by atoms with Crippen molar-refractivity contribution >= 4 is 39.6 Å². The van der Waals surface area contributed by atoms with Crippen molar-refractivity contribution in [1.82, 2.24) is 9.55 Å². The Balaban J connectivity index is 2.06. The van der Waals surface area contributed by atoms with Crippen LogP contribution >= 0.6 is 27.5 Å². The predicted octanol–water partition coefficient (Wildman–Crippen LogP) is 1.08. The first-order valence-corrected chi connectivity index (χ1v) is 9.09. The number of hydrogen-bond donors (Lipinski definition) is 2. The van der Waals surface area contributed by atoms with Gasteiger partial charge in [-0.1, -0.05) is 15.9 Å². The predicted molar refractivity (Wildman–Crippen MR) is 96.7 cm³/mol. The van der Waals surface area contributed by atoms with Gasteiger partial charge in [0.1, 0.15) is 18.9 Å². The van der Waals surface area contributed by atoms with Crippen molar-refractivity contribution < 1.29 is 14.3 Å². The number of nitrogens with one attached hydrogen (secondary N) is 1. The third kappa shape index (κ3) is 5.27. The average molecular weight is 437 g/mol. The van der Waals surface area contributed by atoms with Gasteiger partial charge in [0.15, 0.2) is 0 Å². The number of hydrogen-bond acceptors (Lipinski definition) is 6. The minimum atomic E-state index is -0.651. The first-order valence-electron chi connectivity index (χ1n) is 7.73. The van der Waals surface area contributed by atoms with E-state index in [9.17, 15) is 14.4 Å². The number of nitrogens with zero attached hydrogens (tertiary/aromatic N) is 1. The van der Waals surface area contributed by atoms with Gasteiger partial charge in [0, 0.05) is 19.0 Å². The lowest BCUT2D eigenvalue weighted by atomic mass is 10.2. The summed E-state index contributed by atoms with van der Waals surface area (Å²) in [7, 11) is 0. The van der Waals surface area contributed by atoms with E-state index >= 15 is 0 Å². The van der Waals surface area contributed by atoms with Crippen LogP contribution in [0.1, 0.15) is 31.1 Å². The van der Waals surface area contributed by atoms with Gasteiger partial charge in [0.2, 0.25) is 0 Å². The molecule has 1 aromatic rings. The molecule has 25 heavy (non-hydrogen) atoms. The van der Waals surface area contributed by atoms with Crippen molar-refractivity contribution in [2.45, 2.75) is 37.0 Å². The van der Waals surface area contributed by atoms with Crippen LogP contribution in [0.4, 0.5) is 0 Å². The Morgan fingerprint density at radius 2 is 2.32 bits per heavy atom. The fourth-order valence-electron chi connectivity index (χ4n) is 2.40. The van der Waals surface area contributed by atoms with Crippen molar-refractivity contribution in [3.05, 3.63) is 37.6 Å². The molecule has 3 N–H and O–H groups in total. The van der Waals surface area contributed by atoms with Gasteiger partial charge in [0.25, 0.3) is 5.56 Å². The summed E-state index contributed by atoms with van der Waals surface area (Å²) in [5.41, 5.74) is 4.54. The maximum Gasteiger partial charge on any atom is 0.330 e. The summed E-state index contributed by atoms with van der Waals surface area (Å²) < 4.78 is 12.1. The summed E-state index contributed by atoms with van der Waals surface area (Å²) >= 11 is 9.34. The number of alkyl halides is 1. The Morgan fingerprint density at radius 1 is 1.56 bits per heavy atom. The molecule has 138 valence electrons. The fourth-order valence-corrected chi connectivity index (χ4v) is 2.97. The van der Waals surface area contributed by atoms with Crippen LogP contribution in [0.5, 0.6) is 0 Å². The van der Waals surface area contributed by atoms with E-state index in [0.717, 1.165) is 0 Å². The summed E-state index contributed by atoms with van der Waals surface area (Å²) in [6.45, 7) is 0.413. The molecule has 1 aromatic heterocycles. The highest BCUT2D eigenvalue weighted by molar-refractivity contribution is 9.11. The third-order valence-electron chi connectivity index (χ3n) is 3.70. The molecule has 0 aromatic carbocycles. The van der Waals surface area contributed by atoms with Gasteiger partial charge < -0.3 is 15.2 Å². The Kier molecular flexibility index (Phi) is 7.42. The van der Waals surface area contributed by atoms with Crippen LogP contribution in [0.3, 0.4) is 0 Å². The first-order chi connectivity index (χ1) is 12.0. The molecule has 0 spiro atoms. The Labute approximate surface area is 157 Å². The van der Waals surface area contributed by atoms with E-state index in [2.05, 4.69) is 20.9 Å². The molecule has 10 heteroatoms. The molecule has 8 nitrogen and oxygen atoms in total. The zero-order valence-corrected chi connectivity index (χ0v) is 15.7. The number of esters is 1. The van der Waals surface area contributed by atoms with Gasteiger partial charge in [-0.05, 0) is 24.0 Å². The number of aromatic nitrogens is 2. The molecule has 0 radical (unpaired) electrons. The number of aromatic amines is 1. The van der Waals surface area contributed by atoms with Gasteiger partial charge >= 0.3 is 11.7 Å². The molecule has 0 aliphatic carbocycles. The van der Waals surface area contributed by atoms with E-state index in [1.54, 1.807) is 0 Å². The van der Waals surface area contributed by atoms with Crippen molar-refractivity contribution in [2.24, 2.45) is 5.73 Å². The van der Waals surface area contributed by atoms with Crippen LogP contribution in [0.2, 0.25) is 0 Å². The highest BCUT2D eigenvalue weighted by atomic mass is 79.9. The van der Waals surface area contributed by atoms with Crippen LogP contribution in [0, 0.1) is 0 Å². The van der Waals surface area contributed by atoms with Crippen LogP contribution in [0.25, 0.3) is 6.08 Å². The number of carbonyl (C=O) groups excluding carboxylic acids is 1. The first kappa shape index (κ1) is 19.9. The zero-order chi connectivity index (χ0) is 18.4. The molecule has 0 amide bonds. The molecule has 1 aliphatic rings. The highest BCUT2D eigenvalue weighted by Crippen LogP contribution is 2.31. The summed E-state index contributed by atoms with van der Waals surface area (Å²) in [4.78, 5) is 39.0. The van der Waals surface area contributed by atoms with E-state index in [4.69, 9.17) is 26.8 Å². The number of rotatable bonds is 7. The lowest BCUT2D eigenvalue weighted by Crippen LogP contribution is -2.33. The van der Waals surface area contributed by atoms with Crippen LogP contribution in [0.15, 0.2) is 20.8 Å². The van der Waals surface area contributed by atoms with E-state index in [1.165, 1.54) is 21.8 Å². The van der Waals surface area contributed by atoms with E-state index in [0.29, 0.717) is 24.9 Å². The van der Waals surface area contributed by atoms with Gasteiger partial charge in [-0.2, -0.15) is 0 Å². The fraction of sp³-hybridized carbons (Fsp3) is 0.533. The Morgan fingerprint density at radius 3 is 3.00 bits per heavy atom. The number of nitrogens with two attached hydrogens (primary N) is 1. The van der Waals surface area contributed by atoms with Crippen LogP contribution in [-0.2, 0) is 14.3 Å². The lowest BCUT2D eigenvalue weighted by Gasteiger charge is -2.16. The topological polar surface area (TPSA) is 116 Å². The van der Waals surface area contributed by atoms with Crippen molar-refractivity contribution in [1.29, 1.82) is 0 Å².